The number of carbonyl (C=O) groups excluding carboxylic acids is 2. The first kappa shape index (κ1) is 19.4. The van der Waals surface area contributed by atoms with E-state index in [1.165, 1.54) is 0 Å². The zero-order valence-corrected chi connectivity index (χ0v) is 16.7. The number of hydrogen-bond acceptors (Lipinski definition) is 3. The van der Waals surface area contributed by atoms with Gasteiger partial charge in [-0.1, -0.05) is 66.2 Å². The summed E-state index contributed by atoms with van der Waals surface area (Å²) < 4.78 is 0. The molecule has 0 saturated heterocycles. The van der Waals surface area contributed by atoms with E-state index in [9.17, 15) is 14.7 Å². The molecule has 1 atom stereocenters. The Labute approximate surface area is 174 Å². The van der Waals surface area contributed by atoms with Crippen LogP contribution in [0.4, 0.5) is 5.69 Å². The third-order valence-electron chi connectivity index (χ3n) is 5.42. The monoisotopic (exact) mass is 405 g/mol. The Morgan fingerprint density at radius 2 is 1.66 bits per heavy atom. The second-order valence-corrected chi connectivity index (χ2v) is 7.68. The number of ketones is 1. The molecule has 0 aromatic heterocycles. The summed E-state index contributed by atoms with van der Waals surface area (Å²) in [6.07, 6.45) is -0.364. The van der Waals surface area contributed by atoms with Crippen LogP contribution in [0.3, 0.4) is 0 Å². The second-order valence-electron chi connectivity index (χ2n) is 7.28. The lowest BCUT2D eigenvalue weighted by molar-refractivity contribution is -0.136. The van der Waals surface area contributed by atoms with Gasteiger partial charge in [-0.2, -0.15) is 0 Å². The topological polar surface area (TPSA) is 57.6 Å². The number of anilines is 1. The summed E-state index contributed by atoms with van der Waals surface area (Å²) in [5.74, 6) is -0.874. The van der Waals surface area contributed by atoms with E-state index < -0.39 is 11.5 Å². The summed E-state index contributed by atoms with van der Waals surface area (Å²) in [5.41, 5.74) is 1.48. The number of aryl methyl sites for hydroxylation is 1. The van der Waals surface area contributed by atoms with Gasteiger partial charge < -0.3 is 10.0 Å². The molecule has 1 aliphatic heterocycles. The minimum atomic E-state index is -1.92. The standard InChI is InChI=1S/C24H20ClNO3/c1-16-8-2-3-9-17(16)15-26-21-13-7-5-11-19(21)24(29,23(26)28)14-22(27)18-10-4-6-12-20(18)25/h2-13,29H,14-15H2,1H3/t24-/m1/s1. The van der Waals surface area contributed by atoms with Gasteiger partial charge in [0.15, 0.2) is 11.4 Å². The Kier molecular flexibility index (Phi) is 4.99. The molecule has 146 valence electrons. The van der Waals surface area contributed by atoms with Gasteiger partial charge in [0, 0.05) is 11.1 Å². The molecule has 0 spiro atoms. The maximum atomic E-state index is 13.3. The van der Waals surface area contributed by atoms with Crippen molar-refractivity contribution in [2.45, 2.75) is 25.5 Å². The lowest BCUT2D eigenvalue weighted by Gasteiger charge is -2.23. The maximum absolute atomic E-state index is 13.3. The molecular weight excluding hydrogens is 386 g/mol. The van der Waals surface area contributed by atoms with Crippen molar-refractivity contribution < 1.29 is 14.7 Å². The van der Waals surface area contributed by atoms with E-state index in [0.29, 0.717) is 28.4 Å². The molecule has 0 unspecified atom stereocenters. The normalized spacial score (nSPS) is 18.0. The molecule has 3 aromatic rings. The van der Waals surface area contributed by atoms with E-state index in [1.807, 2.05) is 37.3 Å². The number of nitrogens with zero attached hydrogens (tertiary/aromatic N) is 1. The van der Waals surface area contributed by atoms with Crippen molar-refractivity contribution in [3.8, 4) is 0 Å². The summed E-state index contributed by atoms with van der Waals surface area (Å²) >= 11 is 6.14. The van der Waals surface area contributed by atoms with Crippen LogP contribution in [0.15, 0.2) is 72.8 Å². The molecule has 5 heteroatoms. The summed E-state index contributed by atoms with van der Waals surface area (Å²) in [5, 5.41) is 11.7. The van der Waals surface area contributed by atoms with Gasteiger partial charge in [-0.25, -0.2) is 0 Å². The average Bonchev–Trinajstić information content (AvgIpc) is 2.92. The van der Waals surface area contributed by atoms with E-state index in [1.54, 1.807) is 47.4 Å². The largest absolute Gasteiger partial charge is 0.375 e. The zero-order valence-electron chi connectivity index (χ0n) is 15.9. The van der Waals surface area contributed by atoms with Crippen molar-refractivity contribution in [2.75, 3.05) is 4.90 Å². The van der Waals surface area contributed by atoms with E-state index in [-0.39, 0.29) is 12.2 Å². The van der Waals surface area contributed by atoms with Gasteiger partial charge in [-0.3, -0.25) is 9.59 Å². The number of hydrogen-bond donors (Lipinski definition) is 1. The lowest BCUT2D eigenvalue weighted by atomic mass is 9.88. The number of halogens is 1. The zero-order chi connectivity index (χ0) is 20.6. The fraction of sp³-hybridized carbons (Fsp3) is 0.167. The van der Waals surface area contributed by atoms with Gasteiger partial charge in [0.2, 0.25) is 0 Å². The Morgan fingerprint density at radius 1 is 1.00 bits per heavy atom. The van der Waals surface area contributed by atoms with E-state index >= 15 is 0 Å². The molecule has 0 radical (unpaired) electrons. The molecule has 0 aliphatic carbocycles. The van der Waals surface area contributed by atoms with Crippen LogP contribution in [-0.4, -0.2) is 16.8 Å². The highest BCUT2D eigenvalue weighted by molar-refractivity contribution is 6.34. The molecule has 1 aliphatic rings. The lowest BCUT2D eigenvalue weighted by Crippen LogP contribution is -2.41. The highest BCUT2D eigenvalue weighted by atomic mass is 35.5. The highest BCUT2D eigenvalue weighted by Gasteiger charge is 2.50. The molecular formula is C24H20ClNO3. The SMILES string of the molecule is Cc1ccccc1CN1C(=O)[C@@](O)(CC(=O)c2ccccc2Cl)c2ccccc21. The molecule has 1 N–H and O–H groups in total. The Morgan fingerprint density at radius 3 is 2.41 bits per heavy atom. The van der Waals surface area contributed by atoms with Crippen LogP contribution in [0.2, 0.25) is 5.02 Å². The van der Waals surface area contributed by atoms with Gasteiger partial charge in [0.05, 0.1) is 23.7 Å². The number of Topliss-reactive ketones (excluding diaryl/α,β-unsaturated/α-hetero) is 1. The number of para-hydroxylation sites is 1. The molecule has 4 nitrogen and oxygen atoms in total. The summed E-state index contributed by atoms with van der Waals surface area (Å²) in [4.78, 5) is 27.8. The van der Waals surface area contributed by atoms with Gasteiger partial charge in [-0.05, 0) is 36.2 Å². The van der Waals surface area contributed by atoms with Crippen molar-refractivity contribution in [2.24, 2.45) is 0 Å². The summed E-state index contributed by atoms with van der Waals surface area (Å²) in [7, 11) is 0. The number of fused-ring (bicyclic) bond motifs is 1. The van der Waals surface area contributed by atoms with Gasteiger partial charge in [0.25, 0.3) is 5.91 Å². The fourth-order valence-corrected chi connectivity index (χ4v) is 4.05. The molecule has 0 bridgehead atoms. The molecule has 4 rings (SSSR count). The Bertz CT molecular complexity index is 1110. The quantitative estimate of drug-likeness (QED) is 0.628. The van der Waals surface area contributed by atoms with E-state index in [2.05, 4.69) is 0 Å². The smallest absolute Gasteiger partial charge is 0.264 e. The number of benzene rings is 3. The van der Waals surface area contributed by atoms with Crippen LogP contribution in [0.25, 0.3) is 0 Å². The van der Waals surface area contributed by atoms with E-state index in [0.717, 1.165) is 11.1 Å². The van der Waals surface area contributed by atoms with Crippen molar-refractivity contribution in [3.05, 3.63) is 100 Å². The van der Waals surface area contributed by atoms with Gasteiger partial charge >= 0.3 is 0 Å². The van der Waals surface area contributed by atoms with Crippen molar-refractivity contribution in [1.29, 1.82) is 0 Å². The third kappa shape index (κ3) is 3.35. The predicted octanol–water partition coefficient (Wildman–Crippen LogP) is 4.66. The predicted molar refractivity (Wildman–Crippen MR) is 113 cm³/mol. The number of carbonyl (C=O) groups is 2. The minimum Gasteiger partial charge on any atom is -0.375 e. The summed E-state index contributed by atoms with van der Waals surface area (Å²) in [6.45, 7) is 2.31. The van der Waals surface area contributed by atoms with Crippen LogP contribution >= 0.6 is 11.6 Å². The maximum Gasteiger partial charge on any atom is 0.264 e. The first-order valence-electron chi connectivity index (χ1n) is 9.38. The molecule has 0 fully saturated rings. The third-order valence-corrected chi connectivity index (χ3v) is 5.75. The van der Waals surface area contributed by atoms with E-state index in [4.69, 9.17) is 11.6 Å². The van der Waals surface area contributed by atoms with Gasteiger partial charge in [-0.15, -0.1) is 0 Å². The fourth-order valence-electron chi connectivity index (χ4n) is 3.81. The van der Waals surface area contributed by atoms with Crippen LogP contribution in [0.1, 0.15) is 33.5 Å². The first-order chi connectivity index (χ1) is 13.9. The number of aliphatic hydroxyl groups is 1. The Balaban J connectivity index is 1.71. The molecule has 0 saturated carbocycles. The highest BCUT2D eigenvalue weighted by Crippen LogP contribution is 2.43. The minimum absolute atomic E-state index is 0.297. The number of amides is 1. The summed E-state index contributed by atoms with van der Waals surface area (Å²) in [6, 6.07) is 21.5. The van der Waals surface area contributed by atoms with Crippen molar-refractivity contribution in [3.63, 3.8) is 0 Å². The van der Waals surface area contributed by atoms with Crippen LogP contribution in [-0.2, 0) is 16.9 Å². The molecule has 1 amide bonds. The molecule has 3 aromatic carbocycles. The van der Waals surface area contributed by atoms with Crippen LogP contribution in [0, 0.1) is 6.92 Å². The molecule has 29 heavy (non-hydrogen) atoms. The Hall–Kier alpha value is -2.95. The van der Waals surface area contributed by atoms with Gasteiger partial charge in [0.1, 0.15) is 0 Å². The molecule has 1 heterocycles. The van der Waals surface area contributed by atoms with Crippen LogP contribution < -0.4 is 4.90 Å². The average molecular weight is 406 g/mol. The number of rotatable bonds is 5. The van der Waals surface area contributed by atoms with Crippen LogP contribution in [0.5, 0.6) is 0 Å². The first-order valence-corrected chi connectivity index (χ1v) is 9.75. The second kappa shape index (κ2) is 7.47. The van der Waals surface area contributed by atoms with Crippen molar-refractivity contribution in [1.82, 2.24) is 0 Å². The van der Waals surface area contributed by atoms with Crippen molar-refractivity contribution >= 4 is 29.0 Å².